The van der Waals surface area contributed by atoms with Crippen molar-refractivity contribution in [3.63, 3.8) is 0 Å². The van der Waals surface area contributed by atoms with Gasteiger partial charge in [0.05, 0.1) is 18.1 Å². The van der Waals surface area contributed by atoms with Crippen LogP contribution in [0.2, 0.25) is 5.02 Å². The SMILES string of the molecule is COc1ccc(OC(=O)CCCc2nc(-c3ccc(Cl)cc3)no2)c([N+](=O)[O-])c1. The van der Waals surface area contributed by atoms with Crippen LogP contribution in [0.3, 0.4) is 0 Å². The second kappa shape index (κ2) is 9.16. The minimum Gasteiger partial charge on any atom is -0.496 e. The molecule has 0 saturated heterocycles. The lowest BCUT2D eigenvalue weighted by Crippen LogP contribution is -2.09. The molecule has 1 heterocycles. The maximum Gasteiger partial charge on any atom is 0.315 e. The van der Waals surface area contributed by atoms with Crippen LogP contribution in [0, 0.1) is 10.1 Å². The maximum absolute atomic E-state index is 12.0. The Morgan fingerprint density at radius 1 is 1.24 bits per heavy atom. The molecule has 1 aromatic heterocycles. The molecule has 0 amide bonds. The molecule has 0 aliphatic heterocycles. The minimum atomic E-state index is -0.637. The number of hydrogen-bond donors (Lipinski definition) is 0. The first kappa shape index (κ1) is 20.3. The third-order valence-electron chi connectivity index (χ3n) is 3.93. The predicted molar refractivity (Wildman–Crippen MR) is 103 cm³/mol. The summed E-state index contributed by atoms with van der Waals surface area (Å²) < 4.78 is 15.2. The Labute approximate surface area is 170 Å². The van der Waals surface area contributed by atoms with Crippen LogP contribution in [-0.2, 0) is 11.2 Å². The van der Waals surface area contributed by atoms with E-state index in [1.807, 2.05) is 0 Å². The summed E-state index contributed by atoms with van der Waals surface area (Å²) in [5.74, 6) is 0.356. The predicted octanol–water partition coefficient (Wildman–Crippen LogP) is 4.24. The molecule has 0 radical (unpaired) electrons. The molecule has 0 N–H and O–H groups in total. The maximum atomic E-state index is 12.0. The van der Waals surface area contributed by atoms with E-state index in [0.717, 1.165) is 5.56 Å². The number of nitro groups is 1. The van der Waals surface area contributed by atoms with Gasteiger partial charge in [-0.3, -0.25) is 14.9 Å². The van der Waals surface area contributed by atoms with Gasteiger partial charge in [-0.15, -0.1) is 0 Å². The highest BCUT2D eigenvalue weighted by Crippen LogP contribution is 2.31. The van der Waals surface area contributed by atoms with Gasteiger partial charge < -0.3 is 14.0 Å². The molecular formula is C19H16ClN3O6. The highest BCUT2D eigenvalue weighted by atomic mass is 35.5. The summed E-state index contributed by atoms with van der Waals surface area (Å²) in [6.45, 7) is 0. The number of nitro benzene ring substituents is 1. The van der Waals surface area contributed by atoms with Gasteiger partial charge in [-0.1, -0.05) is 16.8 Å². The van der Waals surface area contributed by atoms with Crippen molar-refractivity contribution in [3.8, 4) is 22.9 Å². The van der Waals surface area contributed by atoms with Gasteiger partial charge in [0.2, 0.25) is 17.5 Å². The number of ether oxygens (including phenoxy) is 2. The molecule has 0 aliphatic carbocycles. The van der Waals surface area contributed by atoms with Gasteiger partial charge in [0.1, 0.15) is 5.75 Å². The number of hydrogen-bond acceptors (Lipinski definition) is 8. The first-order valence-corrected chi connectivity index (χ1v) is 8.95. The quantitative estimate of drug-likeness (QED) is 0.231. The zero-order valence-electron chi connectivity index (χ0n) is 15.3. The topological polar surface area (TPSA) is 118 Å². The Kier molecular flexibility index (Phi) is 6.40. The van der Waals surface area contributed by atoms with Crippen LogP contribution < -0.4 is 9.47 Å². The lowest BCUT2D eigenvalue weighted by Gasteiger charge is -2.06. The van der Waals surface area contributed by atoms with Gasteiger partial charge in [-0.2, -0.15) is 4.98 Å². The van der Waals surface area contributed by atoms with Crippen molar-refractivity contribution in [1.29, 1.82) is 0 Å². The summed E-state index contributed by atoms with van der Waals surface area (Å²) in [7, 11) is 1.39. The largest absolute Gasteiger partial charge is 0.496 e. The average Bonchev–Trinajstić information content (AvgIpc) is 3.17. The van der Waals surface area contributed by atoms with E-state index >= 15 is 0 Å². The summed E-state index contributed by atoms with van der Waals surface area (Å²) in [5.41, 5.74) is 0.415. The molecule has 10 heteroatoms. The van der Waals surface area contributed by atoms with Crippen LogP contribution in [0.4, 0.5) is 5.69 Å². The zero-order chi connectivity index (χ0) is 20.8. The van der Waals surface area contributed by atoms with Gasteiger partial charge in [-0.25, -0.2) is 0 Å². The van der Waals surface area contributed by atoms with E-state index in [-0.39, 0.29) is 17.9 Å². The van der Waals surface area contributed by atoms with Crippen LogP contribution in [0.5, 0.6) is 11.5 Å². The molecule has 0 unspecified atom stereocenters. The molecular weight excluding hydrogens is 402 g/mol. The Balaban J connectivity index is 1.54. The van der Waals surface area contributed by atoms with Crippen LogP contribution in [0.1, 0.15) is 18.7 Å². The monoisotopic (exact) mass is 417 g/mol. The average molecular weight is 418 g/mol. The van der Waals surface area contributed by atoms with Crippen molar-refractivity contribution in [2.24, 2.45) is 0 Å². The molecule has 150 valence electrons. The number of carbonyl (C=O) groups is 1. The van der Waals surface area contributed by atoms with E-state index in [9.17, 15) is 14.9 Å². The van der Waals surface area contributed by atoms with E-state index in [0.29, 0.717) is 35.3 Å². The number of rotatable bonds is 8. The second-order valence-corrected chi connectivity index (χ2v) is 6.37. The Morgan fingerprint density at radius 3 is 2.69 bits per heavy atom. The fraction of sp³-hybridized carbons (Fsp3) is 0.211. The normalized spacial score (nSPS) is 10.6. The van der Waals surface area contributed by atoms with Crippen LogP contribution in [0.15, 0.2) is 47.0 Å². The van der Waals surface area contributed by atoms with E-state index in [1.54, 1.807) is 24.3 Å². The lowest BCUT2D eigenvalue weighted by molar-refractivity contribution is -0.385. The number of esters is 1. The second-order valence-electron chi connectivity index (χ2n) is 5.94. The smallest absolute Gasteiger partial charge is 0.315 e. The van der Waals surface area contributed by atoms with Gasteiger partial charge in [0, 0.05) is 23.4 Å². The van der Waals surface area contributed by atoms with Crippen molar-refractivity contribution < 1.29 is 23.7 Å². The summed E-state index contributed by atoms with van der Waals surface area (Å²) >= 11 is 5.85. The van der Waals surface area contributed by atoms with Crippen molar-refractivity contribution in [2.45, 2.75) is 19.3 Å². The van der Waals surface area contributed by atoms with E-state index in [4.69, 9.17) is 25.6 Å². The fourth-order valence-electron chi connectivity index (χ4n) is 2.48. The number of benzene rings is 2. The minimum absolute atomic E-state index is 0.0296. The molecule has 2 aromatic carbocycles. The Bertz CT molecular complexity index is 1020. The summed E-state index contributed by atoms with van der Waals surface area (Å²) in [5, 5.41) is 15.6. The highest BCUT2D eigenvalue weighted by Gasteiger charge is 2.19. The molecule has 0 saturated carbocycles. The first-order valence-electron chi connectivity index (χ1n) is 8.58. The summed E-state index contributed by atoms with van der Waals surface area (Å²) in [6.07, 6.45) is 0.771. The molecule has 0 spiro atoms. The molecule has 0 atom stereocenters. The van der Waals surface area contributed by atoms with E-state index in [2.05, 4.69) is 10.1 Å². The molecule has 3 rings (SSSR count). The van der Waals surface area contributed by atoms with Crippen LogP contribution >= 0.6 is 11.6 Å². The third-order valence-corrected chi connectivity index (χ3v) is 4.18. The molecule has 3 aromatic rings. The first-order chi connectivity index (χ1) is 14.0. The number of nitrogens with zero attached hydrogens (tertiary/aromatic N) is 3. The molecule has 0 fully saturated rings. The zero-order valence-corrected chi connectivity index (χ0v) is 16.1. The molecule has 0 bridgehead atoms. The van der Waals surface area contributed by atoms with Gasteiger partial charge in [0.25, 0.3) is 0 Å². The van der Waals surface area contributed by atoms with Gasteiger partial charge in [-0.05, 0) is 42.8 Å². The van der Waals surface area contributed by atoms with Crippen LogP contribution in [0.25, 0.3) is 11.4 Å². The van der Waals surface area contributed by atoms with Gasteiger partial charge in [0.15, 0.2) is 0 Å². The van der Waals surface area contributed by atoms with Crippen molar-refractivity contribution in [3.05, 3.63) is 63.5 Å². The number of methoxy groups -OCH3 is 1. The van der Waals surface area contributed by atoms with Crippen molar-refractivity contribution in [1.82, 2.24) is 10.1 Å². The third kappa shape index (κ3) is 5.29. The summed E-state index contributed by atoms with van der Waals surface area (Å²) in [4.78, 5) is 26.8. The number of aryl methyl sites for hydroxylation is 1. The van der Waals surface area contributed by atoms with E-state index < -0.39 is 10.9 Å². The number of carbonyl (C=O) groups excluding carboxylic acids is 1. The number of aromatic nitrogens is 2. The standard InChI is InChI=1S/C19H16ClN3O6/c1-27-14-9-10-16(15(11-14)23(25)26)28-18(24)4-2-3-17-21-19(22-29-17)12-5-7-13(20)8-6-12/h5-11H,2-4H2,1H3. The Morgan fingerprint density at radius 2 is 2.00 bits per heavy atom. The van der Waals surface area contributed by atoms with Crippen LogP contribution in [-0.4, -0.2) is 28.1 Å². The molecule has 29 heavy (non-hydrogen) atoms. The van der Waals surface area contributed by atoms with Gasteiger partial charge >= 0.3 is 11.7 Å². The molecule has 0 aliphatic rings. The Hall–Kier alpha value is -3.46. The van der Waals surface area contributed by atoms with Crippen molar-refractivity contribution >= 4 is 23.3 Å². The summed E-state index contributed by atoms with van der Waals surface area (Å²) in [6, 6.07) is 11.0. The highest BCUT2D eigenvalue weighted by molar-refractivity contribution is 6.30. The van der Waals surface area contributed by atoms with Crippen molar-refractivity contribution in [2.75, 3.05) is 7.11 Å². The number of halogens is 1. The fourth-order valence-corrected chi connectivity index (χ4v) is 2.61. The lowest BCUT2D eigenvalue weighted by atomic mass is 10.2. The molecule has 9 nitrogen and oxygen atoms in total. The van der Waals surface area contributed by atoms with E-state index in [1.165, 1.54) is 25.3 Å².